The first-order chi connectivity index (χ1) is 7.79. The van der Waals surface area contributed by atoms with E-state index in [-0.39, 0.29) is 24.1 Å². The molecule has 0 aromatic rings. The van der Waals surface area contributed by atoms with Gasteiger partial charge in [-0.05, 0) is 54.0 Å². The highest BCUT2D eigenvalue weighted by Crippen LogP contribution is 2.20. The summed E-state index contributed by atoms with van der Waals surface area (Å²) in [5.74, 6) is 0. The SMILES string of the molecule is C[C@@H]1CCN1.C[C@@H]1CCN1C(=O)OC(C)(C)C.Cl. The predicted molar refractivity (Wildman–Crippen MR) is 76.3 cm³/mol. The average Bonchev–Trinajstić information content (AvgIpc) is 2.10. The first kappa shape index (κ1) is 17.5. The van der Waals surface area contributed by atoms with Crippen molar-refractivity contribution in [2.75, 3.05) is 13.1 Å². The second-order valence-electron chi connectivity index (χ2n) is 5.96. The first-order valence-electron chi connectivity index (χ1n) is 6.52. The summed E-state index contributed by atoms with van der Waals surface area (Å²) in [6.45, 7) is 12.0. The van der Waals surface area contributed by atoms with Crippen molar-refractivity contribution in [2.24, 2.45) is 0 Å². The number of amides is 1. The van der Waals surface area contributed by atoms with Gasteiger partial charge in [0.15, 0.2) is 0 Å². The fourth-order valence-corrected chi connectivity index (χ4v) is 1.54. The zero-order chi connectivity index (χ0) is 13.1. The van der Waals surface area contributed by atoms with E-state index in [1.54, 1.807) is 4.90 Å². The molecule has 4 nitrogen and oxygen atoms in total. The maximum Gasteiger partial charge on any atom is 0.410 e. The molecule has 2 atom stereocenters. The van der Waals surface area contributed by atoms with Crippen LogP contribution in [0.5, 0.6) is 0 Å². The number of nitrogens with zero attached hydrogens (tertiary/aromatic N) is 1. The molecule has 2 aliphatic heterocycles. The van der Waals surface area contributed by atoms with Gasteiger partial charge in [0.1, 0.15) is 5.60 Å². The van der Waals surface area contributed by atoms with Crippen LogP contribution >= 0.6 is 12.4 Å². The third-order valence-electron chi connectivity index (χ3n) is 3.02. The Balaban J connectivity index is 0.000000405. The van der Waals surface area contributed by atoms with Crippen LogP contribution < -0.4 is 5.32 Å². The summed E-state index contributed by atoms with van der Waals surface area (Å²) in [5.41, 5.74) is -0.369. The lowest BCUT2D eigenvalue weighted by molar-refractivity contribution is -0.00172. The van der Waals surface area contributed by atoms with Gasteiger partial charge in [0, 0.05) is 18.6 Å². The summed E-state index contributed by atoms with van der Waals surface area (Å²) in [4.78, 5) is 13.1. The quantitative estimate of drug-likeness (QED) is 0.741. The van der Waals surface area contributed by atoms with Gasteiger partial charge in [-0.1, -0.05) is 0 Å². The Morgan fingerprint density at radius 1 is 1.28 bits per heavy atom. The van der Waals surface area contributed by atoms with Crippen molar-refractivity contribution >= 4 is 18.5 Å². The minimum absolute atomic E-state index is 0. The van der Waals surface area contributed by atoms with Gasteiger partial charge >= 0.3 is 6.09 Å². The fraction of sp³-hybridized carbons (Fsp3) is 0.923. The van der Waals surface area contributed by atoms with Gasteiger partial charge in [0.05, 0.1) is 0 Å². The molecular weight excluding hydrogens is 252 g/mol. The lowest BCUT2D eigenvalue weighted by atomic mass is 10.1. The summed E-state index contributed by atoms with van der Waals surface area (Å²) in [5, 5.41) is 3.21. The zero-order valence-electron chi connectivity index (χ0n) is 12.2. The summed E-state index contributed by atoms with van der Waals surface area (Å²) < 4.78 is 5.20. The second-order valence-corrected chi connectivity index (χ2v) is 5.96. The van der Waals surface area contributed by atoms with E-state index in [0.717, 1.165) is 19.0 Å². The minimum Gasteiger partial charge on any atom is -0.444 e. The lowest BCUT2D eigenvalue weighted by Gasteiger charge is -2.39. The Bertz CT molecular complexity index is 262. The number of nitrogens with one attached hydrogen (secondary N) is 1. The highest BCUT2D eigenvalue weighted by molar-refractivity contribution is 5.85. The van der Waals surface area contributed by atoms with E-state index < -0.39 is 0 Å². The highest BCUT2D eigenvalue weighted by atomic mass is 35.5. The maximum absolute atomic E-state index is 11.4. The summed E-state index contributed by atoms with van der Waals surface area (Å²) in [6, 6.07) is 1.18. The molecule has 2 rings (SSSR count). The number of hydrogen-bond donors (Lipinski definition) is 1. The lowest BCUT2D eigenvalue weighted by Crippen LogP contribution is -2.51. The number of carbonyl (C=O) groups is 1. The van der Waals surface area contributed by atoms with Gasteiger partial charge in [-0.2, -0.15) is 0 Å². The highest BCUT2D eigenvalue weighted by Gasteiger charge is 2.31. The number of hydrogen-bond acceptors (Lipinski definition) is 3. The molecule has 1 N–H and O–H groups in total. The van der Waals surface area contributed by atoms with E-state index in [4.69, 9.17) is 4.74 Å². The van der Waals surface area contributed by atoms with E-state index in [1.807, 2.05) is 27.7 Å². The molecule has 2 aliphatic rings. The van der Waals surface area contributed by atoms with Crippen LogP contribution in [0.3, 0.4) is 0 Å². The average molecular weight is 279 g/mol. The molecule has 1 amide bonds. The third kappa shape index (κ3) is 5.91. The van der Waals surface area contributed by atoms with Crippen LogP contribution in [0, 0.1) is 0 Å². The van der Waals surface area contributed by atoms with Crippen molar-refractivity contribution in [3.63, 3.8) is 0 Å². The molecule has 108 valence electrons. The molecule has 0 spiro atoms. The Morgan fingerprint density at radius 3 is 1.94 bits per heavy atom. The number of carbonyl (C=O) groups excluding carboxylic acids is 1. The largest absolute Gasteiger partial charge is 0.444 e. The maximum atomic E-state index is 11.4. The van der Waals surface area contributed by atoms with Gasteiger partial charge in [-0.3, -0.25) is 0 Å². The van der Waals surface area contributed by atoms with Gasteiger partial charge in [-0.15, -0.1) is 12.4 Å². The minimum atomic E-state index is -0.369. The Labute approximate surface area is 117 Å². The van der Waals surface area contributed by atoms with Crippen LogP contribution in [0.2, 0.25) is 0 Å². The molecule has 0 saturated carbocycles. The number of likely N-dealkylation sites (tertiary alicyclic amines) is 1. The Hall–Kier alpha value is -0.480. The Kier molecular flexibility index (Phi) is 7.00. The van der Waals surface area contributed by atoms with Gasteiger partial charge < -0.3 is 15.0 Å². The van der Waals surface area contributed by atoms with Crippen LogP contribution in [0.4, 0.5) is 4.79 Å². The van der Waals surface area contributed by atoms with E-state index in [1.165, 1.54) is 13.0 Å². The molecule has 5 heteroatoms. The molecule has 0 aromatic heterocycles. The van der Waals surface area contributed by atoms with E-state index >= 15 is 0 Å². The fourth-order valence-electron chi connectivity index (χ4n) is 1.54. The molecular formula is C13H27ClN2O2. The normalized spacial score (nSPS) is 25.7. The topological polar surface area (TPSA) is 41.6 Å². The number of rotatable bonds is 0. The van der Waals surface area contributed by atoms with Crippen molar-refractivity contribution in [1.82, 2.24) is 10.2 Å². The van der Waals surface area contributed by atoms with Gasteiger partial charge in [0.25, 0.3) is 0 Å². The summed E-state index contributed by atoms with van der Waals surface area (Å²) >= 11 is 0. The van der Waals surface area contributed by atoms with E-state index in [0.29, 0.717) is 6.04 Å². The van der Waals surface area contributed by atoms with Gasteiger partial charge in [-0.25, -0.2) is 4.79 Å². The molecule has 2 heterocycles. The number of halogens is 1. The molecule has 0 aliphatic carbocycles. The molecule has 0 aromatic carbocycles. The molecule has 0 radical (unpaired) electrons. The van der Waals surface area contributed by atoms with Crippen molar-refractivity contribution in [3.05, 3.63) is 0 Å². The third-order valence-corrected chi connectivity index (χ3v) is 3.02. The first-order valence-corrected chi connectivity index (χ1v) is 6.52. The van der Waals surface area contributed by atoms with Crippen molar-refractivity contribution < 1.29 is 9.53 Å². The summed E-state index contributed by atoms with van der Waals surface area (Å²) in [7, 11) is 0. The van der Waals surface area contributed by atoms with E-state index in [2.05, 4.69) is 12.2 Å². The van der Waals surface area contributed by atoms with E-state index in [9.17, 15) is 4.79 Å². The standard InChI is InChI=1S/C9H17NO2.C4H9N.ClH/c1-7-5-6-10(7)8(11)12-9(2,3)4;1-4-2-3-5-4;/h7H,5-6H2,1-4H3;4-5H,2-3H2,1H3;1H/t7-;4-;/m11./s1. The van der Waals surface area contributed by atoms with Crippen LogP contribution in [0.1, 0.15) is 47.5 Å². The van der Waals surface area contributed by atoms with Crippen LogP contribution in [-0.4, -0.2) is 41.8 Å². The summed E-state index contributed by atoms with van der Waals surface area (Å²) in [6.07, 6.45) is 2.29. The van der Waals surface area contributed by atoms with Crippen molar-refractivity contribution in [1.29, 1.82) is 0 Å². The molecule has 0 bridgehead atoms. The van der Waals surface area contributed by atoms with Crippen LogP contribution in [0.15, 0.2) is 0 Å². The zero-order valence-corrected chi connectivity index (χ0v) is 13.0. The molecule has 2 fully saturated rings. The van der Waals surface area contributed by atoms with Crippen LogP contribution in [0.25, 0.3) is 0 Å². The Morgan fingerprint density at radius 2 is 1.78 bits per heavy atom. The molecule has 2 saturated heterocycles. The second kappa shape index (κ2) is 7.19. The predicted octanol–water partition coefficient (Wildman–Crippen LogP) is 2.81. The smallest absolute Gasteiger partial charge is 0.410 e. The van der Waals surface area contributed by atoms with Crippen LogP contribution in [-0.2, 0) is 4.74 Å². The van der Waals surface area contributed by atoms with Crippen molar-refractivity contribution in [2.45, 2.75) is 65.1 Å². The van der Waals surface area contributed by atoms with Crippen molar-refractivity contribution in [3.8, 4) is 0 Å². The molecule has 0 unspecified atom stereocenters. The number of ether oxygens (including phenoxy) is 1. The van der Waals surface area contributed by atoms with Gasteiger partial charge in [0.2, 0.25) is 0 Å². The monoisotopic (exact) mass is 278 g/mol. The molecule has 18 heavy (non-hydrogen) atoms.